The quantitative estimate of drug-likeness (QED) is 0.423. The number of pyridine rings is 1. The van der Waals surface area contributed by atoms with Crippen LogP contribution in [0.5, 0.6) is 5.75 Å². The smallest absolute Gasteiger partial charge is 0.434 e. The van der Waals surface area contributed by atoms with Crippen LogP contribution in [0, 0.1) is 0 Å². The molecule has 2 N–H and O–H groups in total. The molecule has 1 aliphatic heterocycles. The molecule has 0 saturated carbocycles. The maximum atomic E-state index is 12.7. The molecule has 35 heavy (non-hydrogen) atoms. The molecule has 0 aliphatic carbocycles. The zero-order valence-corrected chi connectivity index (χ0v) is 18.3. The van der Waals surface area contributed by atoms with Crippen molar-refractivity contribution in [3.05, 3.63) is 48.7 Å². The van der Waals surface area contributed by atoms with Gasteiger partial charge in [-0.1, -0.05) is 0 Å². The molecule has 1 atom stereocenters. The molecule has 4 aromatic rings. The second kappa shape index (κ2) is 8.45. The number of likely N-dealkylation sites (tertiary alicyclic amines) is 1. The van der Waals surface area contributed by atoms with Gasteiger partial charge >= 0.3 is 12.3 Å². The summed E-state index contributed by atoms with van der Waals surface area (Å²) in [4.78, 5) is 19.6. The second-order valence-corrected chi connectivity index (χ2v) is 7.93. The van der Waals surface area contributed by atoms with Crippen LogP contribution in [0.2, 0.25) is 0 Å². The molecule has 0 bridgehead atoms. The van der Waals surface area contributed by atoms with Gasteiger partial charge in [-0.05, 0) is 18.6 Å². The zero-order chi connectivity index (χ0) is 24.7. The van der Waals surface area contributed by atoms with Crippen molar-refractivity contribution >= 4 is 23.2 Å². The fourth-order valence-electron chi connectivity index (χ4n) is 3.78. The summed E-state index contributed by atoms with van der Waals surface area (Å²) in [5.41, 5.74) is 1.12. The van der Waals surface area contributed by atoms with E-state index in [9.17, 15) is 18.0 Å². The van der Waals surface area contributed by atoms with Crippen LogP contribution in [0.4, 0.5) is 29.6 Å². The van der Waals surface area contributed by atoms with Crippen molar-refractivity contribution in [1.29, 1.82) is 0 Å². The van der Waals surface area contributed by atoms with Crippen LogP contribution in [0.1, 0.15) is 12.1 Å². The van der Waals surface area contributed by atoms with Crippen molar-refractivity contribution < 1.29 is 27.8 Å². The van der Waals surface area contributed by atoms with E-state index in [4.69, 9.17) is 9.84 Å². The minimum Gasteiger partial charge on any atom is -0.487 e. The average molecular weight is 488 g/mol. The number of halogens is 3. The number of nitrogens with zero attached hydrogens (tertiary/aromatic N) is 7. The van der Waals surface area contributed by atoms with Gasteiger partial charge in [-0.3, -0.25) is 4.68 Å². The Morgan fingerprint density at radius 2 is 2.06 bits per heavy atom. The number of carbonyl (C=O) groups is 1. The summed E-state index contributed by atoms with van der Waals surface area (Å²) in [5, 5.41) is 20.6. The van der Waals surface area contributed by atoms with Crippen LogP contribution in [0.25, 0.3) is 16.8 Å². The number of nitrogens with one attached hydrogen (secondary N) is 1. The van der Waals surface area contributed by atoms with Crippen LogP contribution in [0.3, 0.4) is 0 Å². The van der Waals surface area contributed by atoms with Crippen molar-refractivity contribution in [1.82, 2.24) is 34.3 Å². The summed E-state index contributed by atoms with van der Waals surface area (Å²) in [7, 11) is 1.77. The van der Waals surface area contributed by atoms with Gasteiger partial charge in [0.2, 0.25) is 0 Å². The standard InChI is InChI=1S/C21H19F3N8O3/c1-30-19(15(8-27-30)35-11-13-3-4-31(13)20(33)34)12-2-5-32-14(6-12)7-17(29-32)28-18-10-25-16(9-26-18)21(22,23)24/h2,5-10,13H,3-4,11H2,1H3,(H,33,34)(H,26,28,29). The number of rotatable bonds is 6. The SMILES string of the molecule is Cn1ncc(OCC2CCN2C(=O)O)c1-c1ccn2nc(Nc3cnc(C(F)(F)F)cn3)cc2c1. The molecule has 1 aliphatic rings. The highest BCUT2D eigenvalue weighted by molar-refractivity contribution is 5.72. The predicted molar refractivity (Wildman–Crippen MR) is 116 cm³/mol. The first-order valence-electron chi connectivity index (χ1n) is 10.5. The van der Waals surface area contributed by atoms with Gasteiger partial charge in [-0.2, -0.15) is 23.4 Å². The minimum atomic E-state index is -4.56. The average Bonchev–Trinajstić information content (AvgIpc) is 3.34. The van der Waals surface area contributed by atoms with E-state index in [1.54, 1.807) is 34.7 Å². The third kappa shape index (κ3) is 4.41. The fourth-order valence-corrected chi connectivity index (χ4v) is 3.78. The Morgan fingerprint density at radius 1 is 1.23 bits per heavy atom. The van der Waals surface area contributed by atoms with Crippen molar-refractivity contribution in [2.45, 2.75) is 18.6 Å². The van der Waals surface area contributed by atoms with Gasteiger partial charge in [-0.15, -0.1) is 0 Å². The Bertz CT molecular complexity index is 1380. The maximum Gasteiger partial charge on any atom is 0.434 e. The summed E-state index contributed by atoms with van der Waals surface area (Å²) in [6, 6.07) is 5.19. The van der Waals surface area contributed by atoms with E-state index >= 15 is 0 Å². The van der Waals surface area contributed by atoms with Crippen molar-refractivity contribution in [3.8, 4) is 17.0 Å². The summed E-state index contributed by atoms with van der Waals surface area (Å²) >= 11 is 0. The summed E-state index contributed by atoms with van der Waals surface area (Å²) < 4.78 is 47.2. The first-order chi connectivity index (χ1) is 16.7. The van der Waals surface area contributed by atoms with Gasteiger partial charge in [0.25, 0.3) is 0 Å². The molecule has 0 aromatic carbocycles. The molecule has 0 spiro atoms. The summed E-state index contributed by atoms with van der Waals surface area (Å²) in [5.74, 6) is 1.01. The van der Waals surface area contributed by atoms with Crippen molar-refractivity contribution in [2.75, 3.05) is 18.5 Å². The number of aromatic nitrogens is 6. The van der Waals surface area contributed by atoms with E-state index in [-0.39, 0.29) is 18.5 Å². The molecule has 1 fully saturated rings. The number of alkyl halides is 3. The number of hydrogen-bond acceptors (Lipinski definition) is 7. The molecule has 1 amide bonds. The van der Waals surface area contributed by atoms with Gasteiger partial charge in [-0.25, -0.2) is 19.3 Å². The van der Waals surface area contributed by atoms with Crippen LogP contribution in [-0.2, 0) is 13.2 Å². The lowest BCUT2D eigenvalue weighted by Crippen LogP contribution is -2.53. The van der Waals surface area contributed by atoms with Crippen LogP contribution < -0.4 is 10.1 Å². The number of carboxylic acid groups (broad SMARTS) is 1. The van der Waals surface area contributed by atoms with Crippen LogP contribution >= 0.6 is 0 Å². The Morgan fingerprint density at radius 3 is 2.71 bits per heavy atom. The minimum absolute atomic E-state index is 0.121. The first-order valence-corrected chi connectivity index (χ1v) is 10.5. The molecular formula is C21H19F3N8O3. The van der Waals surface area contributed by atoms with Gasteiger partial charge < -0.3 is 20.1 Å². The Kier molecular flexibility index (Phi) is 5.42. The van der Waals surface area contributed by atoms with Crippen LogP contribution in [-0.4, -0.2) is 64.7 Å². The van der Waals surface area contributed by atoms with E-state index < -0.39 is 18.0 Å². The predicted octanol–water partition coefficient (Wildman–Crippen LogP) is 3.42. The Balaban J connectivity index is 1.34. The number of aryl methyl sites for hydroxylation is 1. The van der Waals surface area contributed by atoms with E-state index in [1.807, 2.05) is 12.1 Å². The zero-order valence-electron chi connectivity index (χ0n) is 18.3. The third-order valence-electron chi connectivity index (χ3n) is 5.66. The molecule has 5 heterocycles. The van der Waals surface area contributed by atoms with Crippen molar-refractivity contribution in [3.63, 3.8) is 0 Å². The van der Waals surface area contributed by atoms with Crippen LogP contribution in [0.15, 0.2) is 43.0 Å². The largest absolute Gasteiger partial charge is 0.487 e. The van der Waals surface area contributed by atoms with Gasteiger partial charge in [0, 0.05) is 31.4 Å². The topological polar surface area (TPSA) is 123 Å². The van der Waals surface area contributed by atoms with E-state index in [2.05, 4.69) is 25.5 Å². The number of anilines is 2. The lowest BCUT2D eigenvalue weighted by atomic mass is 10.1. The molecule has 14 heteroatoms. The first kappa shape index (κ1) is 22.4. The molecule has 0 radical (unpaired) electrons. The number of ether oxygens (including phenoxy) is 1. The third-order valence-corrected chi connectivity index (χ3v) is 5.66. The Labute approximate surface area is 195 Å². The van der Waals surface area contributed by atoms with Gasteiger partial charge in [0.1, 0.15) is 18.1 Å². The summed E-state index contributed by atoms with van der Waals surface area (Å²) in [6.07, 6.45) is 0.161. The van der Waals surface area contributed by atoms with Gasteiger partial charge in [0.05, 0.1) is 30.1 Å². The summed E-state index contributed by atoms with van der Waals surface area (Å²) in [6.45, 7) is 0.720. The number of hydrogen-bond donors (Lipinski definition) is 2. The maximum absolute atomic E-state index is 12.7. The van der Waals surface area contributed by atoms with E-state index in [0.717, 1.165) is 18.2 Å². The molecule has 1 unspecified atom stereocenters. The highest BCUT2D eigenvalue weighted by atomic mass is 19.4. The monoisotopic (exact) mass is 488 g/mol. The normalized spacial score (nSPS) is 15.8. The highest BCUT2D eigenvalue weighted by Gasteiger charge is 2.33. The molecule has 182 valence electrons. The molecule has 5 rings (SSSR count). The lowest BCUT2D eigenvalue weighted by molar-refractivity contribution is -0.141. The highest BCUT2D eigenvalue weighted by Crippen LogP contribution is 2.32. The van der Waals surface area contributed by atoms with E-state index in [1.165, 1.54) is 4.90 Å². The second-order valence-electron chi connectivity index (χ2n) is 7.93. The molecular weight excluding hydrogens is 469 g/mol. The number of fused-ring (bicyclic) bond motifs is 1. The van der Waals surface area contributed by atoms with Gasteiger partial charge in [0.15, 0.2) is 17.3 Å². The Hall–Kier alpha value is -4.36. The molecule has 4 aromatic heterocycles. The lowest BCUT2D eigenvalue weighted by Gasteiger charge is -2.38. The number of amides is 1. The van der Waals surface area contributed by atoms with E-state index in [0.29, 0.717) is 35.5 Å². The molecule has 11 nitrogen and oxygen atoms in total. The fraction of sp³-hybridized carbons (Fsp3) is 0.286. The molecule has 1 saturated heterocycles. The van der Waals surface area contributed by atoms with Crippen molar-refractivity contribution in [2.24, 2.45) is 7.05 Å².